The van der Waals surface area contributed by atoms with Crippen LogP contribution < -0.4 is 5.32 Å². The van der Waals surface area contributed by atoms with Crippen LogP contribution in [0.25, 0.3) is 0 Å². The molecule has 3 N–H and O–H groups in total. The smallest absolute Gasteiger partial charge is 0.255 e. The van der Waals surface area contributed by atoms with Gasteiger partial charge in [-0.1, -0.05) is 0 Å². The molecule has 0 aliphatic rings. The van der Waals surface area contributed by atoms with Gasteiger partial charge in [-0.2, -0.15) is 0 Å². The number of amides is 1. The van der Waals surface area contributed by atoms with E-state index in [9.17, 15) is 9.90 Å². The molecule has 1 rings (SSSR count). The molecule has 1 amide bonds. The number of hydrogen-bond acceptors (Lipinski definition) is 3. The number of halogens is 1. The lowest BCUT2D eigenvalue weighted by Gasteiger charge is -2.29. The fourth-order valence-corrected chi connectivity index (χ4v) is 1.23. The van der Waals surface area contributed by atoms with Crippen molar-refractivity contribution in [1.82, 2.24) is 5.32 Å². The normalized spacial score (nSPS) is 13.2. The quantitative estimate of drug-likeness (QED) is 0.728. The number of phenols is 2. The Labute approximate surface area is 105 Å². The molecule has 0 saturated carbocycles. The zero-order valence-electron chi connectivity index (χ0n) is 9.99. The number of phenolic OH excluding ortho intramolecular Hbond substituents is 2. The molecule has 0 saturated heterocycles. The second-order valence-electron chi connectivity index (χ2n) is 4.49. The topological polar surface area (TPSA) is 69.6 Å². The number of carbonyl (C=O) groups excluding carboxylic acids is 1. The first-order valence-electron chi connectivity index (χ1n) is 5.22. The molecule has 17 heavy (non-hydrogen) atoms. The minimum Gasteiger partial charge on any atom is -0.508 e. The maximum absolute atomic E-state index is 11.9. The van der Waals surface area contributed by atoms with E-state index in [0.717, 1.165) is 6.07 Å². The van der Waals surface area contributed by atoms with Crippen molar-refractivity contribution in [3.63, 3.8) is 0 Å². The van der Waals surface area contributed by atoms with Gasteiger partial charge in [0.15, 0.2) is 0 Å². The van der Waals surface area contributed by atoms with Crippen LogP contribution >= 0.6 is 11.6 Å². The number of alkyl halides is 1. The summed E-state index contributed by atoms with van der Waals surface area (Å²) in [5.41, 5.74) is -0.489. The van der Waals surface area contributed by atoms with Crippen LogP contribution in [0.15, 0.2) is 18.2 Å². The Kier molecular flexibility index (Phi) is 3.88. The van der Waals surface area contributed by atoms with E-state index in [1.165, 1.54) is 12.1 Å². The predicted molar refractivity (Wildman–Crippen MR) is 66.6 cm³/mol. The lowest BCUT2D eigenvalue weighted by atomic mass is 10.0. The predicted octanol–water partition coefficient (Wildman–Crippen LogP) is 2.23. The Bertz CT molecular complexity index is 430. The largest absolute Gasteiger partial charge is 0.508 e. The molecule has 0 fully saturated rings. The zero-order chi connectivity index (χ0) is 13.2. The van der Waals surface area contributed by atoms with Crippen LogP contribution in [0.5, 0.6) is 11.5 Å². The van der Waals surface area contributed by atoms with E-state index < -0.39 is 11.4 Å². The maximum Gasteiger partial charge on any atom is 0.255 e. The van der Waals surface area contributed by atoms with Crippen molar-refractivity contribution in [2.24, 2.45) is 0 Å². The first-order valence-corrected chi connectivity index (χ1v) is 5.66. The van der Waals surface area contributed by atoms with Gasteiger partial charge in [0, 0.05) is 6.07 Å². The molecular formula is C12H16ClNO3. The Morgan fingerprint density at radius 3 is 2.47 bits per heavy atom. The van der Waals surface area contributed by atoms with Crippen LogP contribution in [-0.2, 0) is 0 Å². The Balaban J connectivity index is 2.91. The second-order valence-corrected chi connectivity index (χ2v) is 5.15. The van der Waals surface area contributed by atoms with Crippen LogP contribution in [0.4, 0.5) is 0 Å². The van der Waals surface area contributed by atoms with Crippen molar-refractivity contribution in [2.45, 2.75) is 31.7 Å². The fourth-order valence-electron chi connectivity index (χ4n) is 1.17. The minimum atomic E-state index is -0.594. The number of nitrogens with one attached hydrogen (secondary N) is 1. The molecule has 0 heterocycles. The van der Waals surface area contributed by atoms with Gasteiger partial charge >= 0.3 is 0 Å². The molecular weight excluding hydrogens is 242 g/mol. The molecule has 0 bridgehead atoms. The van der Waals surface area contributed by atoms with Crippen molar-refractivity contribution >= 4 is 17.5 Å². The van der Waals surface area contributed by atoms with Crippen molar-refractivity contribution in [1.29, 1.82) is 0 Å². The van der Waals surface area contributed by atoms with Gasteiger partial charge in [-0.3, -0.25) is 4.79 Å². The molecule has 0 aliphatic carbocycles. The first-order chi connectivity index (χ1) is 7.74. The molecule has 1 unspecified atom stereocenters. The monoisotopic (exact) mass is 257 g/mol. The highest BCUT2D eigenvalue weighted by Gasteiger charge is 2.27. The number of benzene rings is 1. The van der Waals surface area contributed by atoms with Crippen molar-refractivity contribution in [2.75, 3.05) is 0 Å². The van der Waals surface area contributed by atoms with Gasteiger partial charge in [-0.25, -0.2) is 0 Å². The van der Waals surface area contributed by atoms with E-state index in [-0.39, 0.29) is 22.4 Å². The summed E-state index contributed by atoms with van der Waals surface area (Å²) >= 11 is 5.95. The van der Waals surface area contributed by atoms with Gasteiger partial charge in [-0.05, 0) is 32.9 Å². The molecule has 0 aliphatic heterocycles. The summed E-state index contributed by atoms with van der Waals surface area (Å²) in [5, 5.41) is 21.1. The van der Waals surface area contributed by atoms with Crippen LogP contribution in [0, 0.1) is 0 Å². The number of aromatic hydroxyl groups is 2. The molecule has 1 aromatic rings. The SMILES string of the molecule is CC(Cl)C(C)(C)NC(=O)c1ccc(O)cc1O. The summed E-state index contributed by atoms with van der Waals surface area (Å²) in [6.45, 7) is 5.36. The second kappa shape index (κ2) is 4.84. The minimum absolute atomic E-state index is 0.0935. The summed E-state index contributed by atoms with van der Waals surface area (Å²) in [5.74, 6) is -0.787. The lowest BCUT2D eigenvalue weighted by Crippen LogP contribution is -2.49. The Morgan fingerprint density at radius 2 is 2.00 bits per heavy atom. The number of hydrogen-bond donors (Lipinski definition) is 3. The molecule has 4 nitrogen and oxygen atoms in total. The fraction of sp³-hybridized carbons (Fsp3) is 0.417. The zero-order valence-corrected chi connectivity index (χ0v) is 10.7. The number of carbonyl (C=O) groups is 1. The van der Waals surface area contributed by atoms with Crippen LogP contribution in [-0.4, -0.2) is 27.0 Å². The molecule has 0 aromatic heterocycles. The van der Waals surface area contributed by atoms with Crippen molar-refractivity contribution in [3.05, 3.63) is 23.8 Å². The molecule has 1 atom stereocenters. The standard InChI is InChI=1S/C12H16ClNO3/c1-7(13)12(2,3)14-11(17)9-5-4-8(15)6-10(9)16/h4-7,15-16H,1-3H3,(H,14,17). The van der Waals surface area contributed by atoms with Gasteiger partial charge in [0.25, 0.3) is 5.91 Å². The highest BCUT2D eigenvalue weighted by molar-refractivity contribution is 6.21. The summed E-state index contributed by atoms with van der Waals surface area (Å²) < 4.78 is 0. The van der Waals surface area contributed by atoms with E-state index in [0.29, 0.717) is 0 Å². The van der Waals surface area contributed by atoms with Gasteiger partial charge in [-0.15, -0.1) is 11.6 Å². The number of rotatable bonds is 3. The average molecular weight is 258 g/mol. The van der Waals surface area contributed by atoms with E-state index in [1.54, 1.807) is 20.8 Å². The summed E-state index contributed by atoms with van der Waals surface area (Å²) in [6, 6.07) is 3.81. The van der Waals surface area contributed by atoms with E-state index in [2.05, 4.69) is 5.32 Å². The summed E-state index contributed by atoms with van der Waals surface area (Å²) in [7, 11) is 0. The van der Waals surface area contributed by atoms with E-state index in [1.807, 2.05) is 0 Å². The molecule has 94 valence electrons. The first kappa shape index (κ1) is 13.6. The van der Waals surface area contributed by atoms with Gasteiger partial charge < -0.3 is 15.5 Å². The molecule has 0 spiro atoms. The van der Waals surface area contributed by atoms with Crippen LogP contribution in [0.2, 0.25) is 0 Å². The molecule has 5 heteroatoms. The summed E-state index contributed by atoms with van der Waals surface area (Å²) in [6.07, 6.45) is 0. The van der Waals surface area contributed by atoms with Crippen LogP contribution in [0.3, 0.4) is 0 Å². The Morgan fingerprint density at radius 1 is 1.41 bits per heavy atom. The van der Waals surface area contributed by atoms with Gasteiger partial charge in [0.1, 0.15) is 11.5 Å². The van der Waals surface area contributed by atoms with E-state index in [4.69, 9.17) is 16.7 Å². The molecule has 0 radical (unpaired) electrons. The van der Waals surface area contributed by atoms with Gasteiger partial charge in [0.05, 0.1) is 16.5 Å². The average Bonchev–Trinajstić information content (AvgIpc) is 2.15. The van der Waals surface area contributed by atoms with Crippen molar-refractivity contribution in [3.8, 4) is 11.5 Å². The van der Waals surface area contributed by atoms with E-state index >= 15 is 0 Å². The third kappa shape index (κ3) is 3.27. The highest BCUT2D eigenvalue weighted by Crippen LogP contribution is 2.23. The van der Waals surface area contributed by atoms with Crippen LogP contribution in [0.1, 0.15) is 31.1 Å². The van der Waals surface area contributed by atoms with Gasteiger partial charge in [0.2, 0.25) is 0 Å². The Hall–Kier alpha value is -1.42. The lowest BCUT2D eigenvalue weighted by molar-refractivity contribution is 0.0910. The maximum atomic E-state index is 11.9. The molecule has 1 aromatic carbocycles. The summed E-state index contributed by atoms with van der Waals surface area (Å²) in [4.78, 5) is 11.9. The third-order valence-corrected chi connectivity index (χ3v) is 3.20. The third-order valence-electron chi connectivity index (χ3n) is 2.66. The van der Waals surface area contributed by atoms with Crippen molar-refractivity contribution < 1.29 is 15.0 Å². The highest BCUT2D eigenvalue weighted by atomic mass is 35.5.